The number of aromatic nitrogens is 1. The molecule has 0 spiro atoms. The zero-order valence-electron chi connectivity index (χ0n) is 11.0. The quantitative estimate of drug-likeness (QED) is 0.901. The van der Waals surface area contributed by atoms with E-state index in [0.717, 1.165) is 6.07 Å². The number of methoxy groups -OCH3 is 1. The van der Waals surface area contributed by atoms with Gasteiger partial charge in [-0.25, -0.2) is 14.2 Å². The van der Waals surface area contributed by atoms with Crippen molar-refractivity contribution in [2.24, 2.45) is 0 Å². The van der Waals surface area contributed by atoms with Crippen LogP contribution in [0, 0.1) is 5.82 Å². The fourth-order valence-electron chi connectivity index (χ4n) is 1.63. The molecule has 0 aliphatic heterocycles. The van der Waals surface area contributed by atoms with Crippen molar-refractivity contribution in [1.29, 1.82) is 0 Å². The highest BCUT2D eigenvalue weighted by Gasteiger charge is 2.12. The van der Waals surface area contributed by atoms with Crippen LogP contribution in [0.4, 0.5) is 10.1 Å². The summed E-state index contributed by atoms with van der Waals surface area (Å²) in [4.78, 5) is 26.5. The predicted molar refractivity (Wildman–Crippen MR) is 72.1 cm³/mol. The average Bonchev–Trinajstić information content (AvgIpc) is 2.47. The maximum Gasteiger partial charge on any atom is 0.354 e. The van der Waals surface area contributed by atoms with Crippen molar-refractivity contribution in [2.45, 2.75) is 0 Å². The Balaban J connectivity index is 2.22. The molecule has 108 valence electrons. The Bertz CT molecular complexity index is 703. The van der Waals surface area contributed by atoms with E-state index in [-0.39, 0.29) is 22.7 Å². The van der Waals surface area contributed by atoms with Gasteiger partial charge in [0.2, 0.25) is 0 Å². The summed E-state index contributed by atoms with van der Waals surface area (Å²) in [5.41, 5.74) is 0.266. The summed E-state index contributed by atoms with van der Waals surface area (Å²) in [6, 6.07) is 6.34. The van der Waals surface area contributed by atoms with E-state index in [4.69, 9.17) is 9.84 Å². The van der Waals surface area contributed by atoms with Gasteiger partial charge in [0, 0.05) is 17.4 Å². The predicted octanol–water partition coefficient (Wildman–Crippen LogP) is 2.18. The highest BCUT2D eigenvalue weighted by atomic mass is 19.1. The molecular formula is C14H11FN2O4. The molecule has 0 aliphatic carbocycles. The van der Waals surface area contributed by atoms with E-state index < -0.39 is 17.7 Å². The number of carboxylic acids is 1. The number of anilines is 1. The third kappa shape index (κ3) is 3.33. The number of rotatable bonds is 4. The summed E-state index contributed by atoms with van der Waals surface area (Å²) in [5, 5.41) is 11.3. The van der Waals surface area contributed by atoms with Crippen LogP contribution in [0.2, 0.25) is 0 Å². The minimum absolute atomic E-state index is 0.0522. The van der Waals surface area contributed by atoms with Gasteiger partial charge in [-0.3, -0.25) is 4.79 Å². The largest absolute Gasteiger partial charge is 0.494 e. The van der Waals surface area contributed by atoms with Crippen molar-refractivity contribution in [3.63, 3.8) is 0 Å². The highest BCUT2D eigenvalue weighted by Crippen LogP contribution is 2.19. The topological polar surface area (TPSA) is 88.5 Å². The van der Waals surface area contributed by atoms with Crippen LogP contribution < -0.4 is 10.1 Å². The molecule has 7 heteroatoms. The Morgan fingerprint density at radius 1 is 1.29 bits per heavy atom. The van der Waals surface area contributed by atoms with Crippen LogP contribution in [-0.4, -0.2) is 29.1 Å². The molecule has 0 atom stereocenters. The van der Waals surface area contributed by atoms with Gasteiger partial charge in [0.25, 0.3) is 5.91 Å². The second-order valence-electron chi connectivity index (χ2n) is 4.04. The molecule has 0 radical (unpaired) electrons. The number of carbonyl (C=O) groups is 2. The molecule has 2 aromatic rings. The van der Waals surface area contributed by atoms with Crippen molar-refractivity contribution in [1.82, 2.24) is 4.98 Å². The first-order valence-electron chi connectivity index (χ1n) is 5.85. The molecular weight excluding hydrogens is 279 g/mol. The Kier molecular flexibility index (Phi) is 4.13. The van der Waals surface area contributed by atoms with Crippen LogP contribution in [0.1, 0.15) is 20.8 Å². The standard InChI is InChI=1S/C14H11FN2O4/c1-21-12-6-8(2-3-10(12)15)13(18)17-9-4-5-16-11(7-9)14(19)20/h2-7H,1H3,(H,19,20)(H,16,17,18). The molecule has 1 amide bonds. The van der Waals surface area contributed by atoms with Gasteiger partial charge in [0.05, 0.1) is 7.11 Å². The van der Waals surface area contributed by atoms with Gasteiger partial charge < -0.3 is 15.2 Å². The molecule has 0 saturated carbocycles. The first-order valence-corrected chi connectivity index (χ1v) is 5.85. The SMILES string of the molecule is COc1cc(C(=O)Nc2ccnc(C(=O)O)c2)ccc1F. The molecule has 0 fully saturated rings. The number of hydrogen-bond acceptors (Lipinski definition) is 4. The van der Waals surface area contributed by atoms with Gasteiger partial charge in [0.15, 0.2) is 11.6 Å². The highest BCUT2D eigenvalue weighted by molar-refractivity contribution is 6.04. The Morgan fingerprint density at radius 3 is 2.71 bits per heavy atom. The van der Waals surface area contributed by atoms with Crippen LogP contribution in [0.5, 0.6) is 5.75 Å². The average molecular weight is 290 g/mol. The van der Waals surface area contributed by atoms with E-state index in [2.05, 4.69) is 10.3 Å². The van der Waals surface area contributed by atoms with E-state index in [1.807, 2.05) is 0 Å². The number of halogens is 1. The molecule has 1 heterocycles. The molecule has 0 bridgehead atoms. The minimum Gasteiger partial charge on any atom is -0.494 e. The van der Waals surface area contributed by atoms with Gasteiger partial charge in [-0.2, -0.15) is 0 Å². The Hall–Kier alpha value is -2.96. The van der Waals surface area contributed by atoms with E-state index in [1.54, 1.807) is 0 Å². The lowest BCUT2D eigenvalue weighted by Crippen LogP contribution is -2.13. The van der Waals surface area contributed by atoms with Crippen LogP contribution in [-0.2, 0) is 0 Å². The zero-order chi connectivity index (χ0) is 15.4. The lowest BCUT2D eigenvalue weighted by atomic mass is 10.2. The van der Waals surface area contributed by atoms with Crippen LogP contribution >= 0.6 is 0 Å². The summed E-state index contributed by atoms with van der Waals surface area (Å²) < 4.78 is 18.1. The normalized spacial score (nSPS) is 10.0. The first-order chi connectivity index (χ1) is 10.0. The number of carbonyl (C=O) groups excluding carboxylic acids is 1. The second kappa shape index (κ2) is 6.00. The first kappa shape index (κ1) is 14.4. The number of aromatic carboxylic acids is 1. The monoisotopic (exact) mass is 290 g/mol. The molecule has 2 rings (SSSR count). The number of carboxylic acid groups (broad SMARTS) is 1. The van der Waals surface area contributed by atoms with Crippen LogP contribution in [0.3, 0.4) is 0 Å². The minimum atomic E-state index is -1.20. The van der Waals surface area contributed by atoms with Gasteiger partial charge in [0.1, 0.15) is 5.69 Å². The van der Waals surface area contributed by atoms with Crippen molar-refractivity contribution in [2.75, 3.05) is 12.4 Å². The molecule has 6 nitrogen and oxygen atoms in total. The molecule has 0 saturated heterocycles. The third-order valence-corrected chi connectivity index (χ3v) is 2.65. The molecule has 1 aromatic carbocycles. The molecule has 0 aliphatic rings. The summed E-state index contributed by atoms with van der Waals surface area (Å²) in [5.74, 6) is -2.35. The molecule has 1 aromatic heterocycles. The molecule has 21 heavy (non-hydrogen) atoms. The summed E-state index contributed by atoms with van der Waals surface area (Å²) in [6.45, 7) is 0. The Labute approximate surface area is 119 Å². The van der Waals surface area contributed by atoms with Crippen LogP contribution in [0.15, 0.2) is 36.5 Å². The fourth-order valence-corrected chi connectivity index (χ4v) is 1.63. The van der Waals surface area contributed by atoms with Crippen LogP contribution in [0.25, 0.3) is 0 Å². The number of ether oxygens (including phenoxy) is 1. The van der Waals surface area contributed by atoms with Crippen molar-refractivity contribution >= 4 is 17.6 Å². The maximum atomic E-state index is 13.3. The summed E-state index contributed by atoms with van der Waals surface area (Å²) in [6.07, 6.45) is 1.27. The van der Waals surface area contributed by atoms with Crippen molar-refractivity contribution in [3.05, 3.63) is 53.6 Å². The van der Waals surface area contributed by atoms with Gasteiger partial charge in [-0.05, 0) is 30.3 Å². The van der Waals surface area contributed by atoms with E-state index in [9.17, 15) is 14.0 Å². The third-order valence-electron chi connectivity index (χ3n) is 2.65. The zero-order valence-corrected chi connectivity index (χ0v) is 11.0. The number of amides is 1. The lowest BCUT2D eigenvalue weighted by Gasteiger charge is -2.07. The van der Waals surface area contributed by atoms with Crippen molar-refractivity contribution < 1.29 is 23.8 Å². The van der Waals surface area contributed by atoms with Gasteiger partial charge in [-0.1, -0.05) is 0 Å². The second-order valence-corrected chi connectivity index (χ2v) is 4.04. The molecule has 0 unspecified atom stereocenters. The number of pyridine rings is 1. The molecule has 2 N–H and O–H groups in total. The maximum absolute atomic E-state index is 13.3. The smallest absolute Gasteiger partial charge is 0.354 e. The lowest BCUT2D eigenvalue weighted by molar-refractivity contribution is 0.0690. The fraction of sp³-hybridized carbons (Fsp3) is 0.0714. The van der Waals surface area contributed by atoms with Gasteiger partial charge >= 0.3 is 5.97 Å². The van der Waals surface area contributed by atoms with E-state index >= 15 is 0 Å². The number of hydrogen-bond donors (Lipinski definition) is 2. The summed E-state index contributed by atoms with van der Waals surface area (Å²) >= 11 is 0. The van der Waals surface area contributed by atoms with Crippen molar-refractivity contribution in [3.8, 4) is 5.75 Å². The Morgan fingerprint density at radius 2 is 2.05 bits per heavy atom. The van der Waals surface area contributed by atoms with E-state index in [0.29, 0.717) is 0 Å². The number of nitrogens with one attached hydrogen (secondary N) is 1. The summed E-state index contributed by atoms with van der Waals surface area (Å²) in [7, 11) is 1.29. The van der Waals surface area contributed by atoms with Gasteiger partial charge in [-0.15, -0.1) is 0 Å². The number of benzene rings is 1. The van der Waals surface area contributed by atoms with E-state index in [1.165, 1.54) is 37.6 Å². The number of nitrogens with zero attached hydrogens (tertiary/aromatic N) is 1.